The molecule has 2 aliphatic heterocycles. The van der Waals surface area contributed by atoms with E-state index in [9.17, 15) is 32.3 Å². The van der Waals surface area contributed by atoms with E-state index in [1.165, 1.54) is 0 Å². The van der Waals surface area contributed by atoms with Gasteiger partial charge in [-0.2, -0.15) is 0 Å². The van der Waals surface area contributed by atoms with E-state index in [1.807, 2.05) is 20.8 Å². The van der Waals surface area contributed by atoms with Crippen LogP contribution in [0.2, 0.25) is 0 Å². The average Bonchev–Trinajstić information content (AvgIpc) is 3.19. The topological polar surface area (TPSA) is 105 Å². The number of hydrogen-bond donors (Lipinski definition) is 2. The Bertz CT molecular complexity index is 812. The van der Waals surface area contributed by atoms with Crippen LogP contribution in [0.4, 0.5) is 13.2 Å². The van der Waals surface area contributed by atoms with Crippen LogP contribution in [0.1, 0.15) is 59.3 Å². The van der Waals surface area contributed by atoms with Gasteiger partial charge in [0.15, 0.2) is 5.78 Å². The van der Waals surface area contributed by atoms with E-state index in [4.69, 9.17) is 0 Å². The minimum Gasteiger partial charge on any atom is -0.356 e. The highest BCUT2D eigenvalue weighted by molar-refractivity contribution is 5.94. The van der Waals surface area contributed by atoms with E-state index in [-0.39, 0.29) is 29.6 Å². The van der Waals surface area contributed by atoms with Gasteiger partial charge in [-0.05, 0) is 49.9 Å². The molecule has 3 aliphatic rings. The van der Waals surface area contributed by atoms with Gasteiger partial charge in [-0.3, -0.25) is 23.9 Å². The third-order valence-corrected chi connectivity index (χ3v) is 7.06. The maximum Gasteiger partial charge on any atom is 0.522 e. The molecule has 34 heavy (non-hydrogen) atoms. The molecule has 2 heterocycles. The second-order valence-electron chi connectivity index (χ2n) is 10.5. The maximum atomic E-state index is 13.3. The fourth-order valence-corrected chi connectivity index (χ4v) is 5.10. The first kappa shape index (κ1) is 26.4. The summed E-state index contributed by atoms with van der Waals surface area (Å²) in [5.41, 5.74) is -0.0978. The molecule has 192 valence electrons. The summed E-state index contributed by atoms with van der Waals surface area (Å²) in [7, 11) is 0. The van der Waals surface area contributed by atoms with Crippen LogP contribution in [0.25, 0.3) is 0 Å². The molecule has 1 spiro atoms. The number of amides is 3. The van der Waals surface area contributed by atoms with Gasteiger partial charge in [0, 0.05) is 24.9 Å². The highest BCUT2D eigenvalue weighted by atomic mass is 19.4. The molecule has 2 saturated heterocycles. The summed E-state index contributed by atoms with van der Waals surface area (Å²) >= 11 is 0. The van der Waals surface area contributed by atoms with Gasteiger partial charge in [0.05, 0.1) is 6.04 Å². The third-order valence-electron chi connectivity index (χ3n) is 7.06. The molecule has 3 rings (SSSR count). The average molecular weight is 490 g/mol. The predicted molar refractivity (Wildman–Crippen MR) is 115 cm³/mol. The minimum absolute atomic E-state index is 0.0978. The Morgan fingerprint density at radius 2 is 1.91 bits per heavy atom. The number of carbonyl (C=O) groups is 4. The summed E-state index contributed by atoms with van der Waals surface area (Å²) in [5.74, 6) is -2.53. The second kappa shape index (κ2) is 10.2. The molecule has 0 aromatic heterocycles. The number of rotatable bonds is 10. The largest absolute Gasteiger partial charge is 0.522 e. The Balaban J connectivity index is 1.73. The van der Waals surface area contributed by atoms with Crippen LogP contribution in [0.5, 0.6) is 0 Å². The maximum absolute atomic E-state index is 13.3. The van der Waals surface area contributed by atoms with E-state index >= 15 is 0 Å². The number of hydrogen-bond acceptors (Lipinski definition) is 5. The van der Waals surface area contributed by atoms with Gasteiger partial charge in [-0.1, -0.05) is 20.8 Å². The SMILES string of the molecule is CC(C)C[C@H](C)C(=O)N1CC2(CC2)C[C@H]1C(=O)N[C@@H](C[C@@H]1CCNC1=O)C(=O)COC(F)(F)F. The Kier molecular flexibility index (Phi) is 7.94. The first-order chi connectivity index (χ1) is 15.8. The summed E-state index contributed by atoms with van der Waals surface area (Å²) in [6.07, 6.45) is -1.75. The molecule has 4 atom stereocenters. The van der Waals surface area contributed by atoms with Crippen LogP contribution in [-0.4, -0.2) is 66.5 Å². The molecule has 0 unspecified atom stereocenters. The van der Waals surface area contributed by atoms with Crippen molar-refractivity contribution in [2.45, 2.75) is 77.7 Å². The van der Waals surface area contributed by atoms with Crippen molar-refractivity contribution < 1.29 is 37.1 Å². The molecule has 1 saturated carbocycles. The molecule has 1 aliphatic carbocycles. The third kappa shape index (κ3) is 6.70. The van der Waals surface area contributed by atoms with Gasteiger partial charge in [0.2, 0.25) is 17.7 Å². The van der Waals surface area contributed by atoms with Gasteiger partial charge in [-0.25, -0.2) is 0 Å². The fraction of sp³-hybridized carbons (Fsp3) is 0.826. The molecule has 11 heteroatoms. The van der Waals surface area contributed by atoms with Crippen molar-refractivity contribution in [1.29, 1.82) is 0 Å². The number of ketones is 1. The van der Waals surface area contributed by atoms with Crippen molar-refractivity contribution in [2.24, 2.45) is 23.2 Å². The normalized spacial score (nSPS) is 25.4. The lowest BCUT2D eigenvalue weighted by Crippen LogP contribution is -2.53. The van der Waals surface area contributed by atoms with E-state index in [0.717, 1.165) is 12.8 Å². The lowest BCUT2D eigenvalue weighted by Gasteiger charge is -2.29. The molecule has 0 radical (unpaired) electrons. The smallest absolute Gasteiger partial charge is 0.356 e. The molecule has 8 nitrogen and oxygen atoms in total. The Morgan fingerprint density at radius 1 is 1.24 bits per heavy atom. The van der Waals surface area contributed by atoms with Crippen LogP contribution in [0.15, 0.2) is 0 Å². The molecule has 2 N–H and O–H groups in total. The second-order valence-corrected chi connectivity index (χ2v) is 10.5. The van der Waals surface area contributed by atoms with Gasteiger partial charge in [0.1, 0.15) is 12.6 Å². The van der Waals surface area contributed by atoms with Gasteiger partial charge in [0.25, 0.3) is 0 Å². The summed E-state index contributed by atoms with van der Waals surface area (Å²) in [6.45, 7) is 5.46. The molecule has 0 aromatic carbocycles. The van der Waals surface area contributed by atoms with Gasteiger partial charge >= 0.3 is 6.36 Å². The quantitative estimate of drug-likeness (QED) is 0.490. The highest BCUT2D eigenvalue weighted by Crippen LogP contribution is 2.55. The van der Waals surface area contributed by atoms with Crippen molar-refractivity contribution in [3.63, 3.8) is 0 Å². The zero-order valence-corrected chi connectivity index (χ0v) is 19.9. The first-order valence-electron chi connectivity index (χ1n) is 11.9. The number of likely N-dealkylation sites (tertiary alicyclic amines) is 1. The highest BCUT2D eigenvalue weighted by Gasteiger charge is 2.55. The summed E-state index contributed by atoms with van der Waals surface area (Å²) < 4.78 is 41.1. The Hall–Kier alpha value is -2.17. The number of nitrogens with one attached hydrogen (secondary N) is 2. The first-order valence-corrected chi connectivity index (χ1v) is 11.9. The molecule has 3 fully saturated rings. The van der Waals surface area contributed by atoms with Crippen LogP contribution in [0, 0.1) is 23.2 Å². The predicted octanol–water partition coefficient (Wildman–Crippen LogP) is 2.17. The van der Waals surface area contributed by atoms with Crippen LogP contribution in [0.3, 0.4) is 0 Å². The zero-order valence-electron chi connectivity index (χ0n) is 19.9. The van der Waals surface area contributed by atoms with E-state index in [0.29, 0.717) is 38.3 Å². The fourth-order valence-electron chi connectivity index (χ4n) is 5.10. The number of carbonyl (C=O) groups excluding carboxylic acids is 4. The molecule has 0 bridgehead atoms. The number of alkyl halides is 3. The van der Waals surface area contributed by atoms with E-state index in [2.05, 4.69) is 15.4 Å². The number of ether oxygens (including phenoxy) is 1. The van der Waals surface area contributed by atoms with Crippen molar-refractivity contribution in [3.05, 3.63) is 0 Å². The van der Waals surface area contributed by atoms with Crippen molar-refractivity contribution in [1.82, 2.24) is 15.5 Å². The number of nitrogens with zero attached hydrogens (tertiary/aromatic N) is 1. The van der Waals surface area contributed by atoms with Crippen LogP contribution < -0.4 is 10.6 Å². The van der Waals surface area contributed by atoms with Crippen molar-refractivity contribution in [2.75, 3.05) is 19.7 Å². The number of halogens is 3. The molecule has 3 amide bonds. The lowest BCUT2D eigenvalue weighted by atomic mass is 9.95. The van der Waals surface area contributed by atoms with Crippen molar-refractivity contribution >= 4 is 23.5 Å². The standard InChI is InChI=1S/C23H34F3N3O5/c1-13(2)8-14(3)21(33)29-12-22(5-6-22)10-17(29)20(32)28-16(9-15-4-7-27-19(15)31)18(30)11-34-23(24,25)26/h13-17H,4-12H2,1-3H3,(H,27,31)(H,28,32)/t14-,15-,16-,17-/m0/s1. The van der Waals surface area contributed by atoms with Crippen LogP contribution in [-0.2, 0) is 23.9 Å². The Morgan fingerprint density at radius 3 is 2.44 bits per heavy atom. The lowest BCUT2D eigenvalue weighted by molar-refractivity contribution is -0.321. The van der Waals surface area contributed by atoms with Gasteiger partial charge < -0.3 is 15.5 Å². The molecular weight excluding hydrogens is 455 g/mol. The summed E-state index contributed by atoms with van der Waals surface area (Å²) in [5, 5.41) is 5.18. The van der Waals surface area contributed by atoms with E-state index < -0.39 is 42.7 Å². The zero-order chi connectivity index (χ0) is 25.3. The monoisotopic (exact) mass is 489 g/mol. The molecule has 0 aromatic rings. The summed E-state index contributed by atoms with van der Waals surface area (Å²) in [4.78, 5) is 52.5. The van der Waals surface area contributed by atoms with E-state index in [1.54, 1.807) is 4.90 Å². The molecular formula is C23H34F3N3O5. The van der Waals surface area contributed by atoms with Gasteiger partial charge in [-0.15, -0.1) is 13.2 Å². The van der Waals surface area contributed by atoms with Crippen LogP contribution >= 0.6 is 0 Å². The van der Waals surface area contributed by atoms with Crippen molar-refractivity contribution in [3.8, 4) is 0 Å². The number of Topliss-reactive ketones (excluding diaryl/α,β-unsaturated/α-hetero) is 1. The Labute approximate surface area is 197 Å². The minimum atomic E-state index is -4.99. The summed E-state index contributed by atoms with van der Waals surface area (Å²) in [6, 6.07) is -2.11.